The summed E-state index contributed by atoms with van der Waals surface area (Å²) in [7, 11) is 0. The van der Waals surface area contributed by atoms with E-state index in [4.69, 9.17) is 0 Å². The van der Waals surface area contributed by atoms with Crippen LogP contribution in [0, 0.1) is 0 Å². The fraction of sp³-hybridized carbons (Fsp3) is 0.357. The van der Waals surface area contributed by atoms with Gasteiger partial charge in [0.1, 0.15) is 11.9 Å². The second-order valence-corrected chi connectivity index (χ2v) is 5.84. The number of halogens is 4. The highest BCUT2D eigenvalue weighted by Gasteiger charge is 2.37. The van der Waals surface area contributed by atoms with E-state index in [1.54, 1.807) is 12.1 Å². The normalized spacial score (nSPS) is 18.4. The average Bonchev–Trinajstić information content (AvgIpc) is 2.94. The van der Waals surface area contributed by atoms with Crippen LogP contribution in [0.2, 0.25) is 0 Å². The van der Waals surface area contributed by atoms with Gasteiger partial charge in [-0.15, -0.1) is 0 Å². The number of allylic oxidation sites excluding steroid dienone is 1. The number of hydrogen-bond acceptors (Lipinski definition) is 4. The molecule has 0 radical (unpaired) electrons. The first-order valence-corrected chi connectivity index (χ1v) is 7.54. The maximum atomic E-state index is 12.2. The fourth-order valence-electron chi connectivity index (χ4n) is 2.17. The molecular weight excluding hydrogens is 379 g/mol. The molecule has 1 aliphatic heterocycles. The first kappa shape index (κ1) is 17.5. The third kappa shape index (κ3) is 4.78. The Morgan fingerprint density at radius 1 is 1.39 bits per heavy atom. The van der Waals surface area contributed by atoms with E-state index in [1.807, 2.05) is 0 Å². The van der Waals surface area contributed by atoms with E-state index >= 15 is 0 Å². The second kappa shape index (κ2) is 7.12. The molecule has 1 amide bonds. The van der Waals surface area contributed by atoms with Crippen molar-refractivity contribution in [1.29, 1.82) is 0 Å². The lowest BCUT2D eigenvalue weighted by Gasteiger charge is -2.21. The Balaban J connectivity index is 2.00. The number of hydrogen-bond donors (Lipinski definition) is 1. The number of nitrogens with one attached hydrogen (secondary N) is 1. The summed E-state index contributed by atoms with van der Waals surface area (Å²) in [5.74, 6) is -1.97. The number of anilines is 1. The standard InChI is InChI=1S/C14H13BrF3N3O2/c15-9-3-4-12(19-8-9)20-13(23)10-2-1-6-21(10)7-5-11(22)14(16,17)18/h3-5,7-8,10H,1-2,6H2,(H,19,20,23). The zero-order valence-corrected chi connectivity index (χ0v) is 13.4. The molecule has 2 heterocycles. The molecule has 2 rings (SSSR count). The van der Waals surface area contributed by atoms with Gasteiger partial charge in [0.2, 0.25) is 5.91 Å². The molecule has 1 fully saturated rings. The van der Waals surface area contributed by atoms with E-state index in [9.17, 15) is 22.8 Å². The van der Waals surface area contributed by atoms with Gasteiger partial charge in [0.05, 0.1) is 0 Å². The third-order valence-corrected chi connectivity index (χ3v) is 3.74. The van der Waals surface area contributed by atoms with Crippen LogP contribution in [0.15, 0.2) is 35.1 Å². The minimum Gasteiger partial charge on any atom is -0.365 e. The number of rotatable bonds is 4. The Labute approximate surface area is 138 Å². The van der Waals surface area contributed by atoms with Gasteiger partial charge in [-0.1, -0.05) is 0 Å². The van der Waals surface area contributed by atoms with Crippen LogP contribution in [0.25, 0.3) is 0 Å². The lowest BCUT2D eigenvalue weighted by atomic mass is 10.2. The monoisotopic (exact) mass is 391 g/mol. The number of amides is 1. The lowest BCUT2D eigenvalue weighted by molar-refractivity contribution is -0.165. The van der Waals surface area contributed by atoms with E-state index in [1.165, 1.54) is 11.1 Å². The summed E-state index contributed by atoms with van der Waals surface area (Å²) in [6.07, 6.45) is -0.770. The number of nitrogens with zero attached hydrogens (tertiary/aromatic N) is 2. The van der Waals surface area contributed by atoms with Gasteiger partial charge in [-0.05, 0) is 40.9 Å². The van der Waals surface area contributed by atoms with Crippen LogP contribution in [-0.2, 0) is 9.59 Å². The number of carbonyl (C=O) groups excluding carboxylic acids is 2. The molecule has 1 aromatic heterocycles. The van der Waals surface area contributed by atoms with Crippen LogP contribution in [0.4, 0.5) is 19.0 Å². The molecule has 23 heavy (non-hydrogen) atoms. The zero-order valence-electron chi connectivity index (χ0n) is 11.8. The van der Waals surface area contributed by atoms with Crippen LogP contribution in [0.1, 0.15) is 12.8 Å². The Bertz CT molecular complexity index is 617. The first-order chi connectivity index (χ1) is 10.8. The molecule has 0 saturated carbocycles. The first-order valence-electron chi connectivity index (χ1n) is 6.75. The van der Waals surface area contributed by atoms with Crippen LogP contribution in [-0.4, -0.2) is 40.3 Å². The molecule has 1 saturated heterocycles. The number of alkyl halides is 3. The molecule has 9 heteroatoms. The average molecular weight is 392 g/mol. The molecule has 1 aliphatic rings. The molecule has 1 atom stereocenters. The van der Waals surface area contributed by atoms with Gasteiger partial charge in [-0.25, -0.2) is 4.98 Å². The van der Waals surface area contributed by atoms with Crippen LogP contribution in [0.3, 0.4) is 0 Å². The molecule has 1 unspecified atom stereocenters. The predicted molar refractivity (Wildman–Crippen MR) is 80.5 cm³/mol. The van der Waals surface area contributed by atoms with E-state index in [0.717, 1.165) is 10.7 Å². The van der Waals surface area contributed by atoms with Crippen molar-refractivity contribution in [3.05, 3.63) is 35.1 Å². The van der Waals surface area contributed by atoms with E-state index in [2.05, 4.69) is 26.2 Å². The van der Waals surface area contributed by atoms with E-state index in [-0.39, 0.29) is 5.91 Å². The van der Waals surface area contributed by atoms with Crippen molar-refractivity contribution in [3.8, 4) is 0 Å². The fourth-order valence-corrected chi connectivity index (χ4v) is 2.40. The van der Waals surface area contributed by atoms with Gasteiger partial charge in [-0.2, -0.15) is 13.2 Å². The van der Waals surface area contributed by atoms with Gasteiger partial charge >= 0.3 is 6.18 Å². The Morgan fingerprint density at radius 2 is 2.13 bits per heavy atom. The minimum absolute atomic E-state index is 0.348. The van der Waals surface area contributed by atoms with Gasteiger partial charge in [-0.3, -0.25) is 9.59 Å². The molecule has 1 aromatic rings. The molecule has 0 aromatic carbocycles. The second-order valence-electron chi connectivity index (χ2n) is 4.92. The number of ketones is 1. The highest BCUT2D eigenvalue weighted by atomic mass is 79.9. The Kier molecular flexibility index (Phi) is 5.40. The van der Waals surface area contributed by atoms with Gasteiger partial charge in [0.15, 0.2) is 0 Å². The van der Waals surface area contributed by atoms with E-state index < -0.39 is 18.0 Å². The predicted octanol–water partition coefficient (Wildman–Crippen LogP) is 2.89. The van der Waals surface area contributed by atoms with Crippen LogP contribution in [0.5, 0.6) is 0 Å². The van der Waals surface area contributed by atoms with Crippen molar-refractivity contribution < 1.29 is 22.8 Å². The Hall–Kier alpha value is -1.90. The van der Waals surface area contributed by atoms with Crippen molar-refractivity contribution in [2.24, 2.45) is 0 Å². The van der Waals surface area contributed by atoms with Crippen molar-refractivity contribution in [2.45, 2.75) is 25.1 Å². The highest BCUT2D eigenvalue weighted by Crippen LogP contribution is 2.21. The largest absolute Gasteiger partial charge is 0.454 e. The summed E-state index contributed by atoms with van der Waals surface area (Å²) in [5.41, 5.74) is 0. The zero-order chi connectivity index (χ0) is 17.0. The molecule has 0 aliphatic carbocycles. The molecule has 0 spiro atoms. The lowest BCUT2D eigenvalue weighted by Crippen LogP contribution is -2.37. The van der Waals surface area contributed by atoms with Crippen LogP contribution < -0.4 is 5.32 Å². The summed E-state index contributed by atoms with van der Waals surface area (Å²) < 4.78 is 37.3. The maximum absolute atomic E-state index is 12.2. The van der Waals surface area contributed by atoms with Crippen molar-refractivity contribution >= 4 is 33.4 Å². The summed E-state index contributed by atoms with van der Waals surface area (Å²) in [6.45, 7) is 0.410. The summed E-state index contributed by atoms with van der Waals surface area (Å²) >= 11 is 3.22. The van der Waals surface area contributed by atoms with Gasteiger partial charge < -0.3 is 10.2 Å². The quantitative estimate of drug-likeness (QED) is 0.801. The molecular formula is C14H13BrF3N3O2. The number of carbonyl (C=O) groups is 2. The minimum atomic E-state index is -4.91. The molecule has 5 nitrogen and oxygen atoms in total. The maximum Gasteiger partial charge on any atom is 0.454 e. The summed E-state index contributed by atoms with van der Waals surface area (Å²) in [5, 5.41) is 2.61. The number of pyridine rings is 1. The topological polar surface area (TPSA) is 62.3 Å². The molecule has 0 bridgehead atoms. The SMILES string of the molecule is O=C(Nc1ccc(Br)cn1)C1CCCN1C=CC(=O)C(F)(F)F. The van der Waals surface area contributed by atoms with Crippen LogP contribution >= 0.6 is 15.9 Å². The van der Waals surface area contributed by atoms with Crippen molar-refractivity contribution in [2.75, 3.05) is 11.9 Å². The molecule has 124 valence electrons. The number of aromatic nitrogens is 1. The highest BCUT2D eigenvalue weighted by molar-refractivity contribution is 9.10. The van der Waals surface area contributed by atoms with Crippen molar-refractivity contribution in [1.82, 2.24) is 9.88 Å². The Morgan fingerprint density at radius 3 is 2.74 bits per heavy atom. The number of likely N-dealkylation sites (tertiary alicyclic amines) is 1. The summed E-state index contributed by atoms with van der Waals surface area (Å²) in [4.78, 5) is 28.5. The third-order valence-electron chi connectivity index (χ3n) is 3.27. The molecule has 1 N–H and O–H groups in total. The van der Waals surface area contributed by atoms with Gasteiger partial charge in [0.25, 0.3) is 5.78 Å². The summed E-state index contributed by atoms with van der Waals surface area (Å²) in [6, 6.07) is 2.68. The van der Waals surface area contributed by atoms with E-state index in [0.29, 0.717) is 31.3 Å². The smallest absolute Gasteiger partial charge is 0.365 e. The van der Waals surface area contributed by atoms with Gasteiger partial charge in [0, 0.05) is 29.5 Å². The van der Waals surface area contributed by atoms with Crippen molar-refractivity contribution in [3.63, 3.8) is 0 Å².